The molecule has 0 saturated carbocycles. The Kier molecular flexibility index (Phi) is 4.04. The summed E-state index contributed by atoms with van der Waals surface area (Å²) in [6.07, 6.45) is 0. The van der Waals surface area contributed by atoms with Gasteiger partial charge in [0.1, 0.15) is 5.75 Å². The highest BCUT2D eigenvalue weighted by Crippen LogP contribution is 2.21. The number of sulfone groups is 1. The van der Waals surface area contributed by atoms with Crippen LogP contribution in [0.4, 0.5) is 0 Å². The van der Waals surface area contributed by atoms with Crippen LogP contribution < -0.4 is 4.74 Å². The van der Waals surface area contributed by atoms with Gasteiger partial charge in [0, 0.05) is 5.75 Å². The van der Waals surface area contributed by atoms with Crippen LogP contribution in [-0.2, 0) is 9.84 Å². The Hall–Kier alpha value is -0.680. The highest BCUT2D eigenvalue weighted by atomic mass is 32.2. The van der Waals surface area contributed by atoms with Crippen molar-refractivity contribution in [3.05, 3.63) is 23.8 Å². The minimum atomic E-state index is -3.19. The number of ether oxygens (including phenoxy) is 1. The fourth-order valence-electron chi connectivity index (χ4n) is 1.28. The molecule has 0 heterocycles. The number of thiol groups is 1. The molecule has 5 heteroatoms. The molecule has 0 N–H and O–H groups in total. The van der Waals surface area contributed by atoms with Crippen LogP contribution >= 0.6 is 12.6 Å². The summed E-state index contributed by atoms with van der Waals surface area (Å²) in [6, 6.07) is 4.85. The molecule has 3 nitrogen and oxygen atoms in total. The van der Waals surface area contributed by atoms with Gasteiger partial charge in [-0.3, -0.25) is 0 Å². The Morgan fingerprint density at radius 1 is 1.40 bits per heavy atom. The Morgan fingerprint density at radius 3 is 2.53 bits per heavy atom. The third kappa shape index (κ3) is 2.89. The summed E-state index contributed by atoms with van der Waals surface area (Å²) in [5.41, 5.74) is 0.817. The molecule has 0 saturated heterocycles. The van der Waals surface area contributed by atoms with Crippen LogP contribution in [0, 0.1) is 6.92 Å². The molecule has 0 spiro atoms. The Bertz CT molecular complexity index is 438. The van der Waals surface area contributed by atoms with Crippen molar-refractivity contribution in [2.45, 2.75) is 11.8 Å². The van der Waals surface area contributed by atoms with Crippen molar-refractivity contribution in [2.24, 2.45) is 0 Å². The van der Waals surface area contributed by atoms with Gasteiger partial charge in [-0.1, -0.05) is 0 Å². The molecular weight excluding hydrogens is 232 g/mol. The van der Waals surface area contributed by atoms with Gasteiger partial charge in [-0.25, -0.2) is 8.42 Å². The van der Waals surface area contributed by atoms with E-state index < -0.39 is 9.84 Å². The number of methoxy groups -OCH3 is 1. The summed E-state index contributed by atoms with van der Waals surface area (Å²) in [6.45, 7) is 1.82. The van der Waals surface area contributed by atoms with Crippen LogP contribution in [0.15, 0.2) is 23.1 Å². The van der Waals surface area contributed by atoms with Gasteiger partial charge in [0.2, 0.25) is 0 Å². The summed E-state index contributed by atoms with van der Waals surface area (Å²) < 4.78 is 28.5. The molecule has 1 aromatic carbocycles. The maximum absolute atomic E-state index is 11.7. The molecule has 0 fully saturated rings. The SMILES string of the molecule is COc1ccc(S(=O)(=O)CCS)cc1C. The van der Waals surface area contributed by atoms with Gasteiger partial charge in [-0.05, 0) is 30.7 Å². The first-order valence-electron chi connectivity index (χ1n) is 4.49. The number of rotatable bonds is 4. The predicted molar refractivity (Wildman–Crippen MR) is 63.6 cm³/mol. The van der Waals surface area contributed by atoms with Crippen LogP contribution in [-0.4, -0.2) is 27.0 Å². The topological polar surface area (TPSA) is 43.4 Å². The van der Waals surface area contributed by atoms with Crippen molar-refractivity contribution in [3.8, 4) is 5.75 Å². The van der Waals surface area contributed by atoms with Crippen LogP contribution in [0.3, 0.4) is 0 Å². The van der Waals surface area contributed by atoms with E-state index in [1.165, 1.54) is 0 Å². The molecule has 0 aliphatic rings. The minimum absolute atomic E-state index is 0.0574. The highest BCUT2D eigenvalue weighted by Gasteiger charge is 2.14. The predicted octanol–water partition coefficient (Wildman–Crippen LogP) is 1.71. The van der Waals surface area contributed by atoms with Crippen molar-refractivity contribution in [1.29, 1.82) is 0 Å². The average molecular weight is 246 g/mol. The smallest absolute Gasteiger partial charge is 0.179 e. The van der Waals surface area contributed by atoms with Gasteiger partial charge in [-0.15, -0.1) is 0 Å². The van der Waals surface area contributed by atoms with Gasteiger partial charge in [-0.2, -0.15) is 12.6 Å². The van der Waals surface area contributed by atoms with Crippen molar-refractivity contribution in [3.63, 3.8) is 0 Å². The van der Waals surface area contributed by atoms with E-state index in [-0.39, 0.29) is 5.75 Å². The summed E-state index contributed by atoms with van der Waals surface area (Å²) >= 11 is 3.93. The third-order valence-electron chi connectivity index (χ3n) is 2.09. The summed E-state index contributed by atoms with van der Waals surface area (Å²) in [4.78, 5) is 0.329. The van der Waals surface area contributed by atoms with Crippen LogP contribution in [0.1, 0.15) is 5.56 Å². The third-order valence-corrected chi connectivity index (χ3v) is 4.33. The van der Waals surface area contributed by atoms with Gasteiger partial charge >= 0.3 is 0 Å². The lowest BCUT2D eigenvalue weighted by Crippen LogP contribution is -2.08. The standard InChI is InChI=1S/C10H14O3S2/c1-8-7-9(3-4-10(8)13-2)15(11,12)6-5-14/h3-4,7,14H,5-6H2,1-2H3. The second kappa shape index (κ2) is 4.90. The van der Waals surface area contributed by atoms with Gasteiger partial charge in [0.25, 0.3) is 0 Å². The minimum Gasteiger partial charge on any atom is -0.496 e. The van der Waals surface area contributed by atoms with E-state index >= 15 is 0 Å². The molecule has 0 aromatic heterocycles. The molecule has 0 aliphatic carbocycles. The second-order valence-electron chi connectivity index (χ2n) is 3.17. The zero-order valence-electron chi connectivity index (χ0n) is 8.73. The summed E-state index contributed by atoms with van der Waals surface area (Å²) in [5, 5.41) is 0. The first kappa shape index (κ1) is 12.4. The molecule has 15 heavy (non-hydrogen) atoms. The van der Waals surface area contributed by atoms with Crippen molar-refractivity contribution >= 4 is 22.5 Å². The van der Waals surface area contributed by atoms with E-state index in [4.69, 9.17) is 4.74 Å². The Morgan fingerprint density at radius 2 is 2.07 bits per heavy atom. The molecule has 0 bridgehead atoms. The summed E-state index contributed by atoms with van der Waals surface area (Å²) in [7, 11) is -1.63. The quantitative estimate of drug-likeness (QED) is 0.822. The molecular formula is C10H14O3S2. The Labute approximate surface area is 95.8 Å². The lowest BCUT2D eigenvalue weighted by molar-refractivity contribution is 0.411. The van der Waals surface area contributed by atoms with E-state index in [1.54, 1.807) is 25.3 Å². The van der Waals surface area contributed by atoms with Gasteiger partial charge < -0.3 is 4.74 Å². The number of aryl methyl sites for hydroxylation is 1. The fraction of sp³-hybridized carbons (Fsp3) is 0.400. The molecule has 84 valence electrons. The van der Waals surface area contributed by atoms with Crippen LogP contribution in [0.5, 0.6) is 5.75 Å². The van der Waals surface area contributed by atoms with E-state index in [1.807, 2.05) is 6.92 Å². The van der Waals surface area contributed by atoms with E-state index in [0.29, 0.717) is 16.4 Å². The van der Waals surface area contributed by atoms with Crippen molar-refractivity contribution < 1.29 is 13.2 Å². The van der Waals surface area contributed by atoms with Crippen LogP contribution in [0.2, 0.25) is 0 Å². The number of hydrogen-bond donors (Lipinski definition) is 1. The molecule has 1 rings (SSSR count). The first-order valence-corrected chi connectivity index (χ1v) is 6.78. The van der Waals surface area contributed by atoms with Gasteiger partial charge in [0.15, 0.2) is 9.84 Å². The molecule has 0 atom stereocenters. The second-order valence-corrected chi connectivity index (χ2v) is 5.73. The van der Waals surface area contributed by atoms with Gasteiger partial charge in [0.05, 0.1) is 17.8 Å². The summed E-state index contributed by atoms with van der Waals surface area (Å²) in [5.74, 6) is 1.08. The lowest BCUT2D eigenvalue weighted by atomic mass is 10.2. The highest BCUT2D eigenvalue weighted by molar-refractivity contribution is 7.92. The number of hydrogen-bond acceptors (Lipinski definition) is 4. The van der Waals surface area contributed by atoms with Crippen molar-refractivity contribution in [2.75, 3.05) is 18.6 Å². The largest absolute Gasteiger partial charge is 0.496 e. The average Bonchev–Trinajstić information content (AvgIpc) is 2.17. The van der Waals surface area contributed by atoms with E-state index in [9.17, 15) is 8.42 Å². The maximum atomic E-state index is 11.7. The number of benzene rings is 1. The van der Waals surface area contributed by atoms with E-state index in [2.05, 4.69) is 12.6 Å². The first-order chi connectivity index (χ1) is 7.01. The zero-order chi connectivity index (χ0) is 11.5. The molecule has 0 aliphatic heterocycles. The van der Waals surface area contributed by atoms with Crippen LogP contribution in [0.25, 0.3) is 0 Å². The molecule has 0 amide bonds. The molecule has 0 unspecified atom stereocenters. The normalized spacial score (nSPS) is 11.4. The van der Waals surface area contributed by atoms with E-state index in [0.717, 1.165) is 5.56 Å². The zero-order valence-corrected chi connectivity index (χ0v) is 10.4. The molecule has 1 aromatic rings. The lowest BCUT2D eigenvalue weighted by Gasteiger charge is -2.07. The van der Waals surface area contributed by atoms with Crippen molar-refractivity contribution in [1.82, 2.24) is 0 Å². The molecule has 0 radical (unpaired) electrons. The monoisotopic (exact) mass is 246 g/mol. The fourth-order valence-corrected chi connectivity index (χ4v) is 3.11. The maximum Gasteiger partial charge on any atom is 0.179 e. The Balaban J connectivity index is 3.13.